The van der Waals surface area contributed by atoms with Crippen molar-refractivity contribution in [3.63, 3.8) is 0 Å². The SMILES string of the molecule is C=C(/C=C(/C)CC)N1CCN(CCN2CCOCC2)CC1. The first kappa shape index (κ1) is 16.5. The van der Waals surface area contributed by atoms with Gasteiger partial charge in [0.1, 0.15) is 0 Å². The summed E-state index contributed by atoms with van der Waals surface area (Å²) < 4.78 is 5.40. The zero-order valence-electron chi connectivity index (χ0n) is 13.8. The van der Waals surface area contributed by atoms with E-state index in [9.17, 15) is 0 Å². The molecule has 2 saturated heterocycles. The number of rotatable bonds is 6. The third-order valence-electron chi connectivity index (χ3n) is 4.59. The zero-order valence-corrected chi connectivity index (χ0v) is 13.8. The summed E-state index contributed by atoms with van der Waals surface area (Å²) in [6.07, 6.45) is 3.35. The highest BCUT2D eigenvalue weighted by Crippen LogP contribution is 2.12. The van der Waals surface area contributed by atoms with Crippen molar-refractivity contribution < 1.29 is 4.74 Å². The number of hydrogen-bond acceptors (Lipinski definition) is 4. The van der Waals surface area contributed by atoms with E-state index in [1.807, 2.05) is 0 Å². The van der Waals surface area contributed by atoms with Crippen LogP contribution in [0.15, 0.2) is 23.9 Å². The molecule has 120 valence electrons. The summed E-state index contributed by atoms with van der Waals surface area (Å²) in [5.74, 6) is 0. The van der Waals surface area contributed by atoms with Crippen molar-refractivity contribution in [1.82, 2.24) is 14.7 Å². The maximum Gasteiger partial charge on any atom is 0.0594 e. The second kappa shape index (κ2) is 8.57. The van der Waals surface area contributed by atoms with Gasteiger partial charge in [0.05, 0.1) is 13.2 Å². The highest BCUT2D eigenvalue weighted by molar-refractivity contribution is 5.19. The van der Waals surface area contributed by atoms with E-state index < -0.39 is 0 Å². The van der Waals surface area contributed by atoms with Crippen molar-refractivity contribution in [2.24, 2.45) is 0 Å². The summed E-state index contributed by atoms with van der Waals surface area (Å²) in [4.78, 5) is 7.52. The smallest absolute Gasteiger partial charge is 0.0594 e. The van der Waals surface area contributed by atoms with E-state index in [4.69, 9.17) is 4.74 Å². The van der Waals surface area contributed by atoms with Crippen LogP contribution in [0.25, 0.3) is 0 Å². The van der Waals surface area contributed by atoms with Crippen LogP contribution >= 0.6 is 0 Å². The topological polar surface area (TPSA) is 19.0 Å². The molecule has 4 nitrogen and oxygen atoms in total. The fraction of sp³-hybridized carbons (Fsp3) is 0.765. The molecule has 2 heterocycles. The Morgan fingerprint density at radius 1 is 1.00 bits per heavy atom. The van der Waals surface area contributed by atoms with Gasteiger partial charge in [0.15, 0.2) is 0 Å². The lowest BCUT2D eigenvalue weighted by atomic mass is 10.2. The first-order chi connectivity index (χ1) is 10.2. The molecule has 0 spiro atoms. The minimum Gasteiger partial charge on any atom is -0.379 e. The summed E-state index contributed by atoms with van der Waals surface area (Å²) in [7, 11) is 0. The Morgan fingerprint density at radius 3 is 2.14 bits per heavy atom. The molecule has 0 aliphatic carbocycles. The van der Waals surface area contributed by atoms with Gasteiger partial charge in [-0.25, -0.2) is 0 Å². The van der Waals surface area contributed by atoms with E-state index in [1.165, 1.54) is 24.4 Å². The Hall–Kier alpha value is -0.840. The fourth-order valence-electron chi connectivity index (χ4n) is 2.84. The molecule has 21 heavy (non-hydrogen) atoms. The first-order valence-electron chi connectivity index (χ1n) is 8.32. The molecular formula is C17H31N3O. The molecule has 0 aromatic rings. The number of allylic oxidation sites excluding steroid dienone is 2. The molecule has 2 fully saturated rings. The predicted octanol–water partition coefficient (Wildman–Crippen LogP) is 1.81. The quantitative estimate of drug-likeness (QED) is 0.695. The molecule has 0 amide bonds. The molecule has 0 saturated carbocycles. The van der Waals surface area contributed by atoms with Crippen molar-refractivity contribution in [3.05, 3.63) is 23.9 Å². The Labute approximate surface area is 130 Å². The zero-order chi connectivity index (χ0) is 15.1. The average molecular weight is 293 g/mol. The van der Waals surface area contributed by atoms with Crippen LogP contribution in [0.2, 0.25) is 0 Å². The van der Waals surface area contributed by atoms with Crippen LogP contribution in [0.1, 0.15) is 20.3 Å². The molecule has 0 aromatic carbocycles. The van der Waals surface area contributed by atoms with E-state index in [2.05, 4.69) is 41.2 Å². The van der Waals surface area contributed by atoms with Crippen LogP contribution in [0, 0.1) is 0 Å². The number of hydrogen-bond donors (Lipinski definition) is 0. The number of piperazine rings is 1. The third kappa shape index (κ3) is 5.46. The van der Waals surface area contributed by atoms with Crippen molar-refractivity contribution >= 4 is 0 Å². The molecule has 2 rings (SSSR count). The normalized spacial score (nSPS) is 22.6. The molecular weight excluding hydrogens is 262 g/mol. The second-order valence-electron chi connectivity index (χ2n) is 6.12. The molecule has 4 heteroatoms. The number of ether oxygens (including phenoxy) is 1. The molecule has 2 aliphatic rings. The van der Waals surface area contributed by atoms with Gasteiger partial charge in [0.25, 0.3) is 0 Å². The van der Waals surface area contributed by atoms with Crippen LogP contribution in [-0.2, 0) is 4.74 Å². The standard InChI is InChI=1S/C17H31N3O/c1-4-16(2)15-17(3)20-9-7-18(8-10-20)5-6-19-11-13-21-14-12-19/h15H,3-14H2,1-2H3/b16-15-. The monoisotopic (exact) mass is 293 g/mol. The van der Waals surface area contributed by atoms with Crippen LogP contribution in [0.3, 0.4) is 0 Å². The summed E-state index contributed by atoms with van der Waals surface area (Å²) in [5.41, 5.74) is 2.59. The first-order valence-corrected chi connectivity index (χ1v) is 8.32. The van der Waals surface area contributed by atoms with Gasteiger partial charge < -0.3 is 9.64 Å². The lowest BCUT2D eigenvalue weighted by Crippen LogP contribution is -2.48. The maximum absolute atomic E-state index is 5.40. The summed E-state index contributed by atoms with van der Waals surface area (Å²) in [5, 5.41) is 0. The van der Waals surface area contributed by atoms with Crippen molar-refractivity contribution in [1.29, 1.82) is 0 Å². The van der Waals surface area contributed by atoms with Crippen LogP contribution in [-0.4, -0.2) is 80.3 Å². The predicted molar refractivity (Wildman–Crippen MR) is 88.5 cm³/mol. The maximum atomic E-state index is 5.40. The van der Waals surface area contributed by atoms with E-state index in [0.29, 0.717) is 0 Å². The molecule has 0 unspecified atom stereocenters. The molecule has 0 atom stereocenters. The Kier molecular flexibility index (Phi) is 6.74. The van der Waals surface area contributed by atoms with Gasteiger partial charge in [-0.1, -0.05) is 19.1 Å². The summed E-state index contributed by atoms with van der Waals surface area (Å²) in [6, 6.07) is 0. The minimum atomic E-state index is 0.900. The highest BCUT2D eigenvalue weighted by Gasteiger charge is 2.18. The number of morpholine rings is 1. The Balaban J connectivity index is 1.67. The van der Waals surface area contributed by atoms with E-state index in [1.54, 1.807) is 0 Å². The third-order valence-corrected chi connectivity index (χ3v) is 4.59. The van der Waals surface area contributed by atoms with Gasteiger partial charge in [-0.3, -0.25) is 9.80 Å². The van der Waals surface area contributed by atoms with Crippen molar-refractivity contribution in [3.8, 4) is 0 Å². The van der Waals surface area contributed by atoms with Crippen LogP contribution in [0.5, 0.6) is 0 Å². The molecule has 2 aliphatic heterocycles. The van der Waals surface area contributed by atoms with E-state index in [-0.39, 0.29) is 0 Å². The van der Waals surface area contributed by atoms with E-state index >= 15 is 0 Å². The van der Waals surface area contributed by atoms with Crippen LogP contribution in [0.4, 0.5) is 0 Å². The molecule has 0 N–H and O–H groups in total. The Morgan fingerprint density at radius 2 is 1.57 bits per heavy atom. The Bertz CT molecular complexity index is 353. The minimum absolute atomic E-state index is 0.900. The summed E-state index contributed by atoms with van der Waals surface area (Å²) >= 11 is 0. The average Bonchev–Trinajstić information content (AvgIpc) is 2.54. The second-order valence-corrected chi connectivity index (χ2v) is 6.12. The van der Waals surface area contributed by atoms with Gasteiger partial charge in [0, 0.05) is 58.1 Å². The van der Waals surface area contributed by atoms with Gasteiger partial charge in [-0.2, -0.15) is 0 Å². The van der Waals surface area contributed by atoms with Gasteiger partial charge >= 0.3 is 0 Å². The van der Waals surface area contributed by atoms with Crippen molar-refractivity contribution in [2.45, 2.75) is 20.3 Å². The van der Waals surface area contributed by atoms with Gasteiger partial charge in [-0.15, -0.1) is 0 Å². The fourth-order valence-corrected chi connectivity index (χ4v) is 2.84. The lowest BCUT2D eigenvalue weighted by molar-refractivity contribution is 0.0310. The molecule has 0 radical (unpaired) electrons. The lowest BCUT2D eigenvalue weighted by Gasteiger charge is -2.37. The largest absolute Gasteiger partial charge is 0.379 e. The molecule has 0 aromatic heterocycles. The van der Waals surface area contributed by atoms with E-state index in [0.717, 1.165) is 58.9 Å². The number of nitrogens with zero attached hydrogens (tertiary/aromatic N) is 3. The van der Waals surface area contributed by atoms with Gasteiger partial charge in [0.2, 0.25) is 0 Å². The highest BCUT2D eigenvalue weighted by atomic mass is 16.5. The van der Waals surface area contributed by atoms with Crippen LogP contribution < -0.4 is 0 Å². The molecule has 0 bridgehead atoms. The van der Waals surface area contributed by atoms with Crippen molar-refractivity contribution in [2.75, 3.05) is 65.6 Å². The summed E-state index contributed by atoms with van der Waals surface area (Å²) in [6.45, 7) is 19.5. The van der Waals surface area contributed by atoms with Gasteiger partial charge in [-0.05, 0) is 19.4 Å².